The first-order valence-electron chi connectivity index (χ1n) is 9.75. The lowest BCUT2D eigenvalue weighted by Gasteiger charge is -2.19. The van der Waals surface area contributed by atoms with Crippen LogP contribution in [0.3, 0.4) is 0 Å². The number of hydrogen-bond acceptors (Lipinski definition) is 2. The van der Waals surface area contributed by atoms with E-state index in [0.29, 0.717) is 0 Å². The number of rotatable bonds is 3. The number of benzene rings is 4. The van der Waals surface area contributed by atoms with E-state index in [1.54, 1.807) is 0 Å². The molecule has 0 saturated heterocycles. The van der Waals surface area contributed by atoms with Crippen LogP contribution in [0.25, 0.3) is 33.4 Å². The first kappa shape index (κ1) is 23.6. The van der Waals surface area contributed by atoms with E-state index in [1.807, 2.05) is 74.5 Å². The summed E-state index contributed by atoms with van der Waals surface area (Å²) in [5.74, 6) is 0.477. The Morgan fingerprint density at radius 3 is 1.16 bits per heavy atom. The second kappa shape index (κ2) is 9.34. The van der Waals surface area contributed by atoms with Crippen molar-refractivity contribution in [3.05, 3.63) is 89.7 Å². The average Bonchev–Trinajstić information content (AvgIpc) is 2.76. The zero-order valence-electron chi connectivity index (χ0n) is 17.2. The van der Waals surface area contributed by atoms with Crippen molar-refractivity contribution in [3.8, 4) is 44.9 Å². The van der Waals surface area contributed by atoms with E-state index in [0.717, 1.165) is 62.4 Å². The number of hydrogen-bond donors (Lipinski definition) is 2. The van der Waals surface area contributed by atoms with Crippen LogP contribution in [-0.2, 0) is 0 Å². The number of phenols is 2. The largest absolute Gasteiger partial charge is 0.507 e. The van der Waals surface area contributed by atoms with E-state index < -0.39 is 0 Å². The van der Waals surface area contributed by atoms with Crippen molar-refractivity contribution in [2.24, 2.45) is 0 Å². The molecule has 4 rings (SSSR count). The lowest BCUT2D eigenvalue weighted by atomic mass is 9.91. The summed E-state index contributed by atoms with van der Waals surface area (Å²) in [6, 6.07) is 19.6. The maximum Gasteiger partial charge on any atom is 0.127 e. The van der Waals surface area contributed by atoms with Crippen molar-refractivity contribution < 1.29 is 10.2 Å². The summed E-state index contributed by atoms with van der Waals surface area (Å²) in [5, 5.41) is 21.8. The van der Waals surface area contributed by atoms with Gasteiger partial charge in [-0.15, -0.1) is 0 Å². The molecule has 0 bridgehead atoms. The fourth-order valence-corrected chi connectivity index (χ4v) is 5.74. The topological polar surface area (TPSA) is 40.5 Å². The predicted octanol–water partition coefficient (Wildman–Crippen LogP) is 9.77. The standard InChI is InChI=1S/C26H18Br4O2/c1-13-11-19(23(29)21(25(13)31)15-3-7-17(27)8-4-15)20-12-14(2)26(32)22(24(20)30)16-5-9-18(28)10-6-16/h3-12,31-32H,1-2H3. The van der Waals surface area contributed by atoms with Gasteiger partial charge in [0.05, 0.1) is 0 Å². The molecule has 0 amide bonds. The number of phenolic OH excluding ortho intramolecular Hbond substituents is 2. The van der Waals surface area contributed by atoms with Gasteiger partial charge < -0.3 is 10.2 Å². The Hall–Kier alpha value is -1.60. The van der Waals surface area contributed by atoms with Gasteiger partial charge in [-0.2, -0.15) is 0 Å². The molecular formula is C26H18Br4O2. The lowest BCUT2D eigenvalue weighted by molar-refractivity contribution is 0.472. The minimum absolute atomic E-state index is 0.239. The Labute approximate surface area is 220 Å². The van der Waals surface area contributed by atoms with E-state index in [1.165, 1.54) is 0 Å². The molecule has 2 N–H and O–H groups in total. The molecule has 32 heavy (non-hydrogen) atoms. The lowest BCUT2D eigenvalue weighted by Crippen LogP contribution is -1.94. The van der Waals surface area contributed by atoms with Gasteiger partial charge in [0.2, 0.25) is 0 Å². The Morgan fingerprint density at radius 2 is 0.844 bits per heavy atom. The first-order chi connectivity index (χ1) is 15.2. The van der Waals surface area contributed by atoms with E-state index in [2.05, 4.69) is 63.7 Å². The van der Waals surface area contributed by atoms with Crippen molar-refractivity contribution in [1.29, 1.82) is 0 Å². The van der Waals surface area contributed by atoms with Crippen LogP contribution in [0.15, 0.2) is 78.6 Å². The fourth-order valence-electron chi connectivity index (χ4n) is 3.72. The smallest absolute Gasteiger partial charge is 0.127 e. The fraction of sp³-hybridized carbons (Fsp3) is 0.0769. The van der Waals surface area contributed by atoms with Crippen LogP contribution < -0.4 is 0 Å². The minimum Gasteiger partial charge on any atom is -0.507 e. The van der Waals surface area contributed by atoms with Gasteiger partial charge in [-0.3, -0.25) is 0 Å². The van der Waals surface area contributed by atoms with Crippen molar-refractivity contribution in [2.75, 3.05) is 0 Å². The van der Waals surface area contributed by atoms with Gasteiger partial charge in [0.1, 0.15) is 11.5 Å². The summed E-state index contributed by atoms with van der Waals surface area (Å²) in [6.45, 7) is 3.79. The average molecular weight is 682 g/mol. The van der Waals surface area contributed by atoms with Crippen molar-refractivity contribution >= 4 is 63.7 Å². The van der Waals surface area contributed by atoms with Crippen LogP contribution in [0, 0.1) is 13.8 Å². The Kier molecular flexibility index (Phi) is 6.87. The minimum atomic E-state index is 0.239. The van der Waals surface area contributed by atoms with Crippen molar-refractivity contribution in [2.45, 2.75) is 13.8 Å². The second-order valence-electron chi connectivity index (χ2n) is 7.57. The summed E-state index contributed by atoms with van der Waals surface area (Å²) >= 11 is 14.5. The number of aryl methyl sites for hydroxylation is 2. The SMILES string of the molecule is Cc1cc(-c2cc(C)c(O)c(-c3ccc(Br)cc3)c2Br)c(Br)c(-c2ccc(Br)cc2)c1O. The van der Waals surface area contributed by atoms with Crippen LogP contribution in [0.1, 0.15) is 11.1 Å². The Balaban J connectivity index is 2.00. The van der Waals surface area contributed by atoms with Crippen LogP contribution in [0.5, 0.6) is 11.5 Å². The van der Waals surface area contributed by atoms with Gasteiger partial charge in [-0.05, 0) is 115 Å². The first-order valence-corrected chi connectivity index (χ1v) is 12.9. The highest BCUT2D eigenvalue weighted by Crippen LogP contribution is 2.50. The molecule has 0 fully saturated rings. The molecule has 0 radical (unpaired) electrons. The van der Waals surface area contributed by atoms with Crippen LogP contribution in [-0.4, -0.2) is 10.2 Å². The van der Waals surface area contributed by atoms with Gasteiger partial charge in [0.25, 0.3) is 0 Å². The molecule has 4 aromatic rings. The predicted molar refractivity (Wildman–Crippen MR) is 146 cm³/mol. The second-order valence-corrected chi connectivity index (χ2v) is 11.0. The number of aromatic hydroxyl groups is 2. The van der Waals surface area contributed by atoms with Gasteiger partial charge in [0.15, 0.2) is 0 Å². The Bertz CT molecular complexity index is 1220. The zero-order valence-corrected chi connectivity index (χ0v) is 23.5. The summed E-state index contributed by atoms with van der Waals surface area (Å²) in [6.07, 6.45) is 0. The molecule has 0 heterocycles. The molecule has 0 aromatic heterocycles. The van der Waals surface area contributed by atoms with E-state index in [-0.39, 0.29) is 11.5 Å². The highest BCUT2D eigenvalue weighted by molar-refractivity contribution is 9.11. The maximum absolute atomic E-state index is 10.9. The third kappa shape index (κ3) is 4.30. The summed E-state index contributed by atoms with van der Waals surface area (Å²) in [5.41, 5.74) is 6.65. The third-order valence-electron chi connectivity index (χ3n) is 5.41. The highest BCUT2D eigenvalue weighted by Gasteiger charge is 2.22. The third-order valence-corrected chi connectivity index (χ3v) is 8.11. The molecule has 0 spiro atoms. The Morgan fingerprint density at radius 1 is 0.531 bits per heavy atom. The molecular weight excluding hydrogens is 664 g/mol. The molecule has 0 aliphatic heterocycles. The van der Waals surface area contributed by atoms with E-state index in [9.17, 15) is 10.2 Å². The summed E-state index contributed by atoms with van der Waals surface area (Å²) < 4.78 is 3.52. The highest BCUT2D eigenvalue weighted by atomic mass is 79.9. The van der Waals surface area contributed by atoms with Gasteiger partial charge in [-0.25, -0.2) is 0 Å². The molecule has 2 nitrogen and oxygen atoms in total. The monoisotopic (exact) mass is 678 g/mol. The normalized spacial score (nSPS) is 11.1. The summed E-state index contributed by atoms with van der Waals surface area (Å²) in [7, 11) is 0. The van der Waals surface area contributed by atoms with Crippen molar-refractivity contribution in [1.82, 2.24) is 0 Å². The van der Waals surface area contributed by atoms with Gasteiger partial charge in [0, 0.05) is 29.0 Å². The molecule has 0 aliphatic rings. The van der Waals surface area contributed by atoms with E-state index in [4.69, 9.17) is 0 Å². The van der Waals surface area contributed by atoms with Crippen LogP contribution >= 0.6 is 63.7 Å². The molecule has 0 aliphatic carbocycles. The molecule has 0 unspecified atom stereocenters. The molecule has 6 heteroatoms. The molecule has 0 atom stereocenters. The van der Waals surface area contributed by atoms with Gasteiger partial charge in [-0.1, -0.05) is 56.1 Å². The zero-order chi connectivity index (χ0) is 23.2. The number of halogens is 4. The summed E-state index contributed by atoms with van der Waals surface area (Å²) in [4.78, 5) is 0. The maximum atomic E-state index is 10.9. The van der Waals surface area contributed by atoms with Gasteiger partial charge >= 0.3 is 0 Å². The van der Waals surface area contributed by atoms with Crippen LogP contribution in [0.2, 0.25) is 0 Å². The quantitative estimate of drug-likeness (QED) is 0.226. The molecule has 4 aromatic carbocycles. The molecule has 162 valence electrons. The van der Waals surface area contributed by atoms with E-state index >= 15 is 0 Å². The molecule has 0 saturated carbocycles. The van der Waals surface area contributed by atoms with Crippen molar-refractivity contribution in [3.63, 3.8) is 0 Å². The van der Waals surface area contributed by atoms with Crippen LogP contribution in [0.4, 0.5) is 0 Å².